The van der Waals surface area contributed by atoms with Gasteiger partial charge in [0.2, 0.25) is 0 Å². The van der Waals surface area contributed by atoms with E-state index < -0.39 is 5.24 Å². The van der Waals surface area contributed by atoms with Gasteiger partial charge in [-0.2, -0.15) is 0 Å². The van der Waals surface area contributed by atoms with Gasteiger partial charge in [0.15, 0.2) is 11.5 Å². The molecule has 3 nitrogen and oxygen atoms in total. The summed E-state index contributed by atoms with van der Waals surface area (Å²) in [7, 11) is 0. The van der Waals surface area contributed by atoms with Crippen molar-refractivity contribution in [2.75, 3.05) is 6.61 Å². The first-order valence-electron chi connectivity index (χ1n) is 6.54. The maximum absolute atomic E-state index is 11.3. The lowest BCUT2D eigenvalue weighted by Crippen LogP contribution is -2.03. The van der Waals surface area contributed by atoms with Crippen molar-refractivity contribution in [2.45, 2.75) is 13.5 Å². The van der Waals surface area contributed by atoms with Crippen molar-refractivity contribution < 1.29 is 14.3 Å². The Morgan fingerprint density at radius 2 is 1.91 bits per heavy atom. The van der Waals surface area contributed by atoms with Crippen molar-refractivity contribution >= 4 is 55.4 Å². The molecule has 0 aliphatic rings. The second-order valence-electron chi connectivity index (χ2n) is 4.41. The quantitative estimate of drug-likeness (QED) is 0.397. The summed E-state index contributed by atoms with van der Waals surface area (Å²) in [6.07, 6.45) is 0. The van der Waals surface area contributed by atoms with Crippen molar-refractivity contribution in [3.05, 3.63) is 55.6 Å². The van der Waals surface area contributed by atoms with Crippen LogP contribution < -0.4 is 9.47 Å². The summed E-state index contributed by atoms with van der Waals surface area (Å²) < 4.78 is 13.2. The third-order valence-corrected chi connectivity index (χ3v) is 4.38. The summed E-state index contributed by atoms with van der Waals surface area (Å²) >= 11 is 11.1. The van der Waals surface area contributed by atoms with Crippen LogP contribution in [-0.2, 0) is 6.61 Å². The Morgan fingerprint density at radius 1 is 1.23 bits per heavy atom. The third kappa shape index (κ3) is 4.60. The molecule has 0 spiro atoms. The molecule has 0 bridgehead atoms. The average Bonchev–Trinajstić information content (AvgIpc) is 2.48. The molecule has 0 unspecified atom stereocenters. The number of benzene rings is 2. The molecule has 116 valence electrons. The van der Waals surface area contributed by atoms with Gasteiger partial charge >= 0.3 is 0 Å². The first kappa shape index (κ1) is 17.6. The molecule has 6 heteroatoms. The average molecular weight is 496 g/mol. The van der Waals surface area contributed by atoms with Crippen molar-refractivity contribution in [1.82, 2.24) is 0 Å². The fraction of sp³-hybridized carbons (Fsp3) is 0.188. The smallest absolute Gasteiger partial charge is 0.252 e. The van der Waals surface area contributed by atoms with Crippen molar-refractivity contribution in [1.29, 1.82) is 0 Å². The molecule has 0 saturated heterocycles. The van der Waals surface area contributed by atoms with Crippen LogP contribution in [0.4, 0.5) is 0 Å². The highest BCUT2D eigenvalue weighted by atomic mass is 127. The summed E-state index contributed by atoms with van der Waals surface area (Å²) in [6.45, 7) is 2.77. The molecule has 0 aliphatic carbocycles. The molecule has 22 heavy (non-hydrogen) atoms. The van der Waals surface area contributed by atoms with E-state index in [1.54, 1.807) is 12.1 Å². The maximum Gasteiger partial charge on any atom is 0.252 e. The minimum absolute atomic E-state index is 0.394. The molecule has 2 aromatic carbocycles. The van der Waals surface area contributed by atoms with E-state index in [9.17, 15) is 4.79 Å². The molecule has 2 aromatic rings. The topological polar surface area (TPSA) is 35.5 Å². The first-order chi connectivity index (χ1) is 10.5. The standard InChI is InChI=1S/C16H13BrClIO3/c1-2-21-14-8-11(16(18)20)7-13(19)15(14)22-9-10-3-5-12(17)6-4-10/h3-8H,2,9H2,1H3. The van der Waals surface area contributed by atoms with E-state index in [0.717, 1.165) is 13.6 Å². The molecule has 0 fully saturated rings. The Morgan fingerprint density at radius 3 is 2.50 bits per heavy atom. The van der Waals surface area contributed by atoms with Crippen LogP contribution in [0, 0.1) is 3.57 Å². The van der Waals surface area contributed by atoms with Crippen LogP contribution in [-0.4, -0.2) is 11.8 Å². The van der Waals surface area contributed by atoms with Gasteiger partial charge < -0.3 is 9.47 Å². The molecule has 0 heterocycles. The molecule has 0 N–H and O–H groups in total. The number of carbonyl (C=O) groups excluding carboxylic acids is 1. The Bertz CT molecular complexity index is 674. The molecule has 0 atom stereocenters. The second kappa shape index (κ2) is 8.17. The Kier molecular flexibility index (Phi) is 6.52. The van der Waals surface area contributed by atoms with E-state index in [1.165, 1.54) is 0 Å². The fourth-order valence-corrected chi connectivity index (χ4v) is 2.95. The highest BCUT2D eigenvalue weighted by Gasteiger charge is 2.15. The second-order valence-corrected chi connectivity index (χ2v) is 6.83. The van der Waals surface area contributed by atoms with Crippen LogP contribution in [0.25, 0.3) is 0 Å². The minimum atomic E-state index is -0.515. The van der Waals surface area contributed by atoms with Gasteiger partial charge in [-0.05, 0) is 70.9 Å². The molecule has 2 rings (SSSR count). The van der Waals surface area contributed by atoms with Gasteiger partial charge in [0, 0.05) is 10.0 Å². The highest BCUT2D eigenvalue weighted by molar-refractivity contribution is 14.1. The van der Waals surface area contributed by atoms with Gasteiger partial charge in [-0.3, -0.25) is 4.79 Å². The summed E-state index contributed by atoms with van der Waals surface area (Å²) in [5, 5.41) is -0.515. The van der Waals surface area contributed by atoms with Gasteiger partial charge in [0.25, 0.3) is 5.24 Å². The zero-order valence-corrected chi connectivity index (χ0v) is 16.2. The molecule has 0 radical (unpaired) electrons. The van der Waals surface area contributed by atoms with E-state index in [1.807, 2.05) is 31.2 Å². The van der Waals surface area contributed by atoms with Crippen LogP contribution in [0.15, 0.2) is 40.9 Å². The molecule has 0 aliphatic heterocycles. The molecule has 0 aromatic heterocycles. The monoisotopic (exact) mass is 494 g/mol. The number of rotatable bonds is 6. The SMILES string of the molecule is CCOc1cc(C(=O)Cl)cc(I)c1OCc1ccc(Br)cc1. The predicted molar refractivity (Wildman–Crippen MR) is 99.0 cm³/mol. The predicted octanol–water partition coefficient (Wildman–Crippen LogP) is 5.41. The van der Waals surface area contributed by atoms with Crippen LogP contribution in [0.2, 0.25) is 0 Å². The van der Waals surface area contributed by atoms with Gasteiger partial charge in [-0.25, -0.2) is 0 Å². The highest BCUT2D eigenvalue weighted by Crippen LogP contribution is 2.35. The van der Waals surface area contributed by atoms with E-state index >= 15 is 0 Å². The number of halogens is 3. The van der Waals surface area contributed by atoms with E-state index in [0.29, 0.717) is 30.3 Å². The normalized spacial score (nSPS) is 10.4. The summed E-state index contributed by atoms with van der Waals surface area (Å²) in [6, 6.07) is 11.2. The van der Waals surface area contributed by atoms with Crippen molar-refractivity contribution in [3.63, 3.8) is 0 Å². The Hall–Kier alpha value is -0.790. The molecular weight excluding hydrogens is 482 g/mol. The number of ether oxygens (including phenoxy) is 2. The summed E-state index contributed by atoms with van der Waals surface area (Å²) in [4.78, 5) is 11.3. The number of hydrogen-bond acceptors (Lipinski definition) is 3. The number of hydrogen-bond donors (Lipinski definition) is 0. The fourth-order valence-electron chi connectivity index (χ4n) is 1.82. The Labute approximate surface area is 156 Å². The molecular formula is C16H13BrClIO3. The van der Waals surface area contributed by atoms with Crippen LogP contribution in [0.5, 0.6) is 11.5 Å². The summed E-state index contributed by atoms with van der Waals surface area (Å²) in [5.74, 6) is 1.14. The first-order valence-corrected chi connectivity index (χ1v) is 8.79. The summed E-state index contributed by atoms with van der Waals surface area (Å²) in [5.41, 5.74) is 1.43. The number of carbonyl (C=O) groups is 1. The van der Waals surface area contributed by atoms with E-state index in [-0.39, 0.29) is 0 Å². The minimum Gasteiger partial charge on any atom is -0.490 e. The third-order valence-electron chi connectivity index (χ3n) is 2.83. The van der Waals surface area contributed by atoms with Crippen LogP contribution in [0.1, 0.15) is 22.8 Å². The van der Waals surface area contributed by atoms with Crippen LogP contribution in [0.3, 0.4) is 0 Å². The lowest BCUT2D eigenvalue weighted by Gasteiger charge is -2.14. The van der Waals surface area contributed by atoms with Gasteiger partial charge in [0.1, 0.15) is 6.61 Å². The maximum atomic E-state index is 11.3. The zero-order chi connectivity index (χ0) is 16.1. The molecule has 0 saturated carbocycles. The van der Waals surface area contributed by atoms with Gasteiger partial charge in [0.05, 0.1) is 10.2 Å². The Balaban J connectivity index is 2.25. The lowest BCUT2D eigenvalue weighted by molar-refractivity contribution is 0.108. The zero-order valence-electron chi connectivity index (χ0n) is 11.7. The lowest BCUT2D eigenvalue weighted by atomic mass is 10.2. The van der Waals surface area contributed by atoms with E-state index in [2.05, 4.69) is 38.5 Å². The van der Waals surface area contributed by atoms with Crippen molar-refractivity contribution in [3.8, 4) is 11.5 Å². The van der Waals surface area contributed by atoms with Crippen LogP contribution >= 0.6 is 50.1 Å². The van der Waals surface area contributed by atoms with Gasteiger partial charge in [-0.1, -0.05) is 28.1 Å². The van der Waals surface area contributed by atoms with Gasteiger partial charge in [-0.15, -0.1) is 0 Å². The largest absolute Gasteiger partial charge is 0.490 e. The van der Waals surface area contributed by atoms with E-state index in [4.69, 9.17) is 21.1 Å². The van der Waals surface area contributed by atoms with Crippen molar-refractivity contribution in [2.24, 2.45) is 0 Å². The molecule has 0 amide bonds.